The van der Waals surface area contributed by atoms with Gasteiger partial charge in [-0.3, -0.25) is 0 Å². The highest BCUT2D eigenvalue weighted by Gasteiger charge is 2.16. The van der Waals surface area contributed by atoms with Crippen LogP contribution in [0.4, 0.5) is 10.2 Å². The van der Waals surface area contributed by atoms with Crippen LogP contribution in [0, 0.1) is 5.82 Å². The third kappa shape index (κ3) is 2.70. The number of anilines is 1. The largest absolute Gasteiger partial charge is 0.353 e. The topological polar surface area (TPSA) is 16.1 Å². The van der Waals surface area contributed by atoms with E-state index in [1.165, 1.54) is 6.07 Å². The van der Waals surface area contributed by atoms with E-state index in [0.29, 0.717) is 5.56 Å². The molecular weight excluding hydrogens is 295 g/mol. The molecule has 2 aromatic rings. The van der Waals surface area contributed by atoms with Crippen LogP contribution in [0.3, 0.4) is 0 Å². The zero-order valence-corrected chi connectivity index (χ0v) is 11.9. The summed E-state index contributed by atoms with van der Waals surface area (Å²) in [4.78, 5) is 6.26. The van der Waals surface area contributed by atoms with Crippen molar-refractivity contribution in [2.75, 3.05) is 11.9 Å². The first-order chi connectivity index (χ1) is 8.59. The van der Waals surface area contributed by atoms with E-state index in [2.05, 4.69) is 20.9 Å². The third-order valence-electron chi connectivity index (χ3n) is 3.01. The number of hydrogen-bond acceptors (Lipinski definition) is 2. The summed E-state index contributed by atoms with van der Waals surface area (Å²) < 4.78 is 14.7. The highest BCUT2D eigenvalue weighted by molar-refractivity contribution is 9.10. The molecule has 1 atom stereocenters. The molecule has 94 valence electrons. The molecule has 0 spiro atoms. The molecule has 1 aromatic heterocycles. The van der Waals surface area contributed by atoms with Gasteiger partial charge in [-0.2, -0.15) is 0 Å². The first kappa shape index (κ1) is 13.0. The van der Waals surface area contributed by atoms with Crippen LogP contribution in [0.15, 0.2) is 47.1 Å². The van der Waals surface area contributed by atoms with Crippen molar-refractivity contribution in [2.24, 2.45) is 0 Å². The second kappa shape index (κ2) is 5.48. The van der Waals surface area contributed by atoms with E-state index in [1.807, 2.05) is 37.1 Å². The van der Waals surface area contributed by atoms with Crippen LogP contribution < -0.4 is 4.90 Å². The van der Waals surface area contributed by atoms with Gasteiger partial charge in [-0.25, -0.2) is 9.37 Å². The van der Waals surface area contributed by atoms with Crippen LogP contribution in [-0.4, -0.2) is 12.0 Å². The van der Waals surface area contributed by atoms with E-state index in [1.54, 1.807) is 18.3 Å². The maximum Gasteiger partial charge on any atom is 0.128 e. The molecule has 2 rings (SSSR count). The van der Waals surface area contributed by atoms with E-state index in [9.17, 15) is 4.39 Å². The Kier molecular flexibility index (Phi) is 3.97. The van der Waals surface area contributed by atoms with E-state index in [-0.39, 0.29) is 11.9 Å². The van der Waals surface area contributed by atoms with Gasteiger partial charge in [0, 0.05) is 23.3 Å². The summed E-state index contributed by atoms with van der Waals surface area (Å²) in [6.07, 6.45) is 1.74. The van der Waals surface area contributed by atoms with Gasteiger partial charge in [0.15, 0.2) is 0 Å². The molecule has 0 N–H and O–H groups in total. The van der Waals surface area contributed by atoms with Crippen LogP contribution in [0.5, 0.6) is 0 Å². The van der Waals surface area contributed by atoms with E-state index < -0.39 is 0 Å². The minimum atomic E-state index is -0.186. The minimum Gasteiger partial charge on any atom is -0.353 e. The molecular formula is C14H14BrFN2. The number of benzene rings is 1. The Morgan fingerprint density at radius 2 is 1.94 bits per heavy atom. The molecule has 0 fully saturated rings. The Bertz CT molecular complexity index is 528. The smallest absolute Gasteiger partial charge is 0.128 e. The van der Waals surface area contributed by atoms with E-state index in [0.717, 1.165) is 10.3 Å². The van der Waals surface area contributed by atoms with Crippen LogP contribution in [0.2, 0.25) is 0 Å². The summed E-state index contributed by atoms with van der Waals surface area (Å²) >= 11 is 3.35. The van der Waals surface area contributed by atoms with Gasteiger partial charge in [-0.15, -0.1) is 0 Å². The first-order valence-electron chi connectivity index (χ1n) is 5.68. The summed E-state index contributed by atoms with van der Waals surface area (Å²) in [5.41, 5.74) is 0.671. The Morgan fingerprint density at radius 1 is 1.22 bits per heavy atom. The fraction of sp³-hybridized carbons (Fsp3) is 0.214. The van der Waals surface area contributed by atoms with Gasteiger partial charge in [0.1, 0.15) is 11.6 Å². The zero-order valence-electron chi connectivity index (χ0n) is 10.3. The van der Waals surface area contributed by atoms with Crippen LogP contribution in [0.1, 0.15) is 18.5 Å². The molecule has 18 heavy (non-hydrogen) atoms. The Hall–Kier alpha value is -1.42. The normalized spacial score (nSPS) is 12.2. The molecule has 0 aliphatic heterocycles. The number of rotatable bonds is 3. The lowest BCUT2D eigenvalue weighted by atomic mass is 10.1. The van der Waals surface area contributed by atoms with Gasteiger partial charge in [-0.1, -0.05) is 18.2 Å². The van der Waals surface area contributed by atoms with Gasteiger partial charge in [-0.05, 0) is 41.1 Å². The number of hydrogen-bond donors (Lipinski definition) is 0. The van der Waals surface area contributed by atoms with Crippen molar-refractivity contribution in [1.29, 1.82) is 0 Å². The number of pyridine rings is 1. The fourth-order valence-corrected chi connectivity index (χ4v) is 2.03. The standard InChI is InChI=1S/C14H14BrFN2/c1-10(12-5-3-4-6-13(12)16)18(2)14-8-7-11(15)9-17-14/h3-10H,1-2H3. The third-order valence-corrected chi connectivity index (χ3v) is 3.48. The molecule has 1 heterocycles. The maximum absolute atomic E-state index is 13.7. The highest BCUT2D eigenvalue weighted by atomic mass is 79.9. The van der Waals surface area contributed by atoms with Gasteiger partial charge in [0.2, 0.25) is 0 Å². The Labute approximate surface area is 115 Å². The molecule has 0 aliphatic carbocycles. The molecule has 0 saturated carbocycles. The summed E-state index contributed by atoms with van der Waals surface area (Å²) in [6.45, 7) is 1.96. The summed E-state index contributed by atoms with van der Waals surface area (Å²) in [5, 5.41) is 0. The second-order valence-electron chi connectivity index (χ2n) is 4.14. The molecule has 0 aliphatic rings. The average molecular weight is 309 g/mol. The summed E-state index contributed by atoms with van der Waals surface area (Å²) in [7, 11) is 1.91. The minimum absolute atomic E-state index is 0.0696. The Balaban J connectivity index is 2.26. The monoisotopic (exact) mass is 308 g/mol. The van der Waals surface area contributed by atoms with Crippen molar-refractivity contribution in [3.05, 3.63) is 58.4 Å². The number of nitrogens with zero attached hydrogens (tertiary/aromatic N) is 2. The first-order valence-corrected chi connectivity index (χ1v) is 6.47. The molecule has 2 nitrogen and oxygen atoms in total. The van der Waals surface area contributed by atoms with Crippen molar-refractivity contribution in [3.63, 3.8) is 0 Å². The fourth-order valence-electron chi connectivity index (χ4n) is 1.80. The van der Waals surface area contributed by atoms with Gasteiger partial charge in [0.25, 0.3) is 0 Å². The van der Waals surface area contributed by atoms with Crippen molar-refractivity contribution in [3.8, 4) is 0 Å². The lowest BCUT2D eigenvalue weighted by molar-refractivity contribution is 0.584. The summed E-state index contributed by atoms with van der Waals surface area (Å²) in [5.74, 6) is 0.628. The highest BCUT2D eigenvalue weighted by Crippen LogP contribution is 2.26. The average Bonchev–Trinajstić information content (AvgIpc) is 2.38. The summed E-state index contributed by atoms with van der Waals surface area (Å²) in [6, 6.07) is 10.6. The molecule has 0 saturated heterocycles. The zero-order chi connectivity index (χ0) is 13.1. The van der Waals surface area contributed by atoms with Gasteiger partial charge < -0.3 is 4.90 Å². The SMILES string of the molecule is CC(c1ccccc1F)N(C)c1ccc(Br)cn1. The van der Waals surface area contributed by atoms with Crippen LogP contribution in [-0.2, 0) is 0 Å². The van der Waals surface area contributed by atoms with Crippen LogP contribution in [0.25, 0.3) is 0 Å². The predicted molar refractivity (Wildman–Crippen MR) is 75.2 cm³/mol. The van der Waals surface area contributed by atoms with Crippen molar-refractivity contribution in [1.82, 2.24) is 4.98 Å². The molecule has 0 radical (unpaired) electrons. The molecule has 0 amide bonds. The van der Waals surface area contributed by atoms with Crippen molar-refractivity contribution < 1.29 is 4.39 Å². The molecule has 4 heteroatoms. The maximum atomic E-state index is 13.7. The van der Waals surface area contributed by atoms with Crippen molar-refractivity contribution >= 4 is 21.7 Å². The lowest BCUT2D eigenvalue weighted by Crippen LogP contribution is -2.23. The lowest BCUT2D eigenvalue weighted by Gasteiger charge is -2.26. The second-order valence-corrected chi connectivity index (χ2v) is 5.06. The molecule has 1 aromatic carbocycles. The number of aromatic nitrogens is 1. The van der Waals surface area contributed by atoms with E-state index in [4.69, 9.17) is 0 Å². The van der Waals surface area contributed by atoms with Crippen LogP contribution >= 0.6 is 15.9 Å². The quantitative estimate of drug-likeness (QED) is 0.845. The van der Waals surface area contributed by atoms with Gasteiger partial charge >= 0.3 is 0 Å². The Morgan fingerprint density at radius 3 is 2.56 bits per heavy atom. The van der Waals surface area contributed by atoms with E-state index >= 15 is 0 Å². The van der Waals surface area contributed by atoms with Crippen molar-refractivity contribution in [2.45, 2.75) is 13.0 Å². The molecule has 1 unspecified atom stereocenters. The number of halogens is 2. The molecule has 0 bridgehead atoms. The van der Waals surface area contributed by atoms with Gasteiger partial charge in [0.05, 0.1) is 6.04 Å². The predicted octanol–water partition coefficient (Wildman–Crippen LogP) is 4.18.